The highest BCUT2D eigenvalue weighted by atomic mass is 35.5. The van der Waals surface area contributed by atoms with E-state index in [4.69, 9.17) is 10.5 Å². The van der Waals surface area contributed by atoms with Gasteiger partial charge in [0.25, 0.3) is 0 Å². The number of rotatable bonds is 6. The Bertz CT molecular complexity index is 756. The molecule has 0 aliphatic carbocycles. The Morgan fingerprint density at radius 2 is 1.92 bits per heavy atom. The first-order valence-corrected chi connectivity index (χ1v) is 8.11. The van der Waals surface area contributed by atoms with Crippen molar-refractivity contribution in [3.63, 3.8) is 0 Å². The van der Waals surface area contributed by atoms with Crippen LogP contribution in [0.1, 0.15) is 37.9 Å². The highest BCUT2D eigenvalue weighted by Gasteiger charge is 2.32. The molecule has 1 unspecified atom stereocenters. The Labute approximate surface area is 159 Å². The molecule has 1 aromatic carbocycles. The zero-order chi connectivity index (χ0) is 18.6. The Morgan fingerprint density at radius 1 is 1.31 bits per heavy atom. The second kappa shape index (κ2) is 8.82. The standard InChI is InChI=1S/C18H24N4O3.ClH/c1-5-25-17(24)18(3,4)22-11-14(10-20-22)21-16(23)15(19)13-8-6-12(2)7-9-13;/h6-11,15H,5,19H2,1-4H3,(H,21,23);1H. The zero-order valence-electron chi connectivity index (χ0n) is 15.4. The fraction of sp³-hybridized carbons (Fsp3) is 0.389. The van der Waals surface area contributed by atoms with Crippen LogP contribution in [0.25, 0.3) is 0 Å². The van der Waals surface area contributed by atoms with Crippen molar-refractivity contribution in [1.29, 1.82) is 0 Å². The quantitative estimate of drug-likeness (QED) is 0.750. The topological polar surface area (TPSA) is 99.2 Å². The van der Waals surface area contributed by atoms with Crippen LogP contribution >= 0.6 is 12.4 Å². The third-order valence-electron chi connectivity index (χ3n) is 3.92. The summed E-state index contributed by atoms with van der Waals surface area (Å²) in [6.45, 7) is 7.39. The normalized spacial score (nSPS) is 12.0. The smallest absolute Gasteiger partial charge is 0.333 e. The minimum Gasteiger partial charge on any atom is -0.464 e. The van der Waals surface area contributed by atoms with Gasteiger partial charge in [-0.05, 0) is 33.3 Å². The van der Waals surface area contributed by atoms with E-state index in [0.717, 1.165) is 11.1 Å². The van der Waals surface area contributed by atoms with Gasteiger partial charge in [0.15, 0.2) is 5.54 Å². The molecule has 0 spiro atoms. The molecule has 0 saturated heterocycles. The third-order valence-corrected chi connectivity index (χ3v) is 3.92. The summed E-state index contributed by atoms with van der Waals surface area (Å²) < 4.78 is 6.51. The third kappa shape index (κ3) is 4.83. The zero-order valence-corrected chi connectivity index (χ0v) is 16.2. The molecule has 8 heteroatoms. The number of esters is 1. The van der Waals surface area contributed by atoms with Crippen molar-refractivity contribution in [1.82, 2.24) is 9.78 Å². The number of ether oxygens (including phenoxy) is 1. The predicted octanol–water partition coefficient (Wildman–Crippen LogP) is 2.55. The molecule has 7 nitrogen and oxygen atoms in total. The fourth-order valence-corrected chi connectivity index (χ4v) is 2.24. The maximum atomic E-state index is 12.3. The first kappa shape index (κ1) is 21.7. The predicted molar refractivity (Wildman–Crippen MR) is 102 cm³/mol. The highest BCUT2D eigenvalue weighted by molar-refractivity contribution is 5.95. The van der Waals surface area contributed by atoms with Crippen LogP contribution in [0.5, 0.6) is 0 Å². The van der Waals surface area contributed by atoms with E-state index < -0.39 is 17.6 Å². The lowest BCUT2D eigenvalue weighted by atomic mass is 10.1. The number of hydrogen-bond acceptors (Lipinski definition) is 5. The van der Waals surface area contributed by atoms with Crippen molar-refractivity contribution in [2.75, 3.05) is 11.9 Å². The van der Waals surface area contributed by atoms with Crippen molar-refractivity contribution in [2.24, 2.45) is 5.73 Å². The van der Waals surface area contributed by atoms with Crippen LogP contribution in [0.2, 0.25) is 0 Å². The molecule has 2 aromatic rings. The van der Waals surface area contributed by atoms with Gasteiger partial charge < -0.3 is 15.8 Å². The summed E-state index contributed by atoms with van der Waals surface area (Å²) in [7, 11) is 0. The lowest BCUT2D eigenvalue weighted by Gasteiger charge is -2.22. The number of halogens is 1. The molecule has 0 bridgehead atoms. The summed E-state index contributed by atoms with van der Waals surface area (Å²) in [6, 6.07) is 6.67. The molecule has 0 radical (unpaired) electrons. The van der Waals surface area contributed by atoms with Gasteiger partial charge in [-0.2, -0.15) is 5.10 Å². The number of nitrogens with zero attached hydrogens (tertiary/aromatic N) is 2. The summed E-state index contributed by atoms with van der Waals surface area (Å²) in [5.74, 6) is -0.746. The molecule has 26 heavy (non-hydrogen) atoms. The highest BCUT2D eigenvalue weighted by Crippen LogP contribution is 2.20. The van der Waals surface area contributed by atoms with Crippen molar-refractivity contribution in [3.05, 3.63) is 47.8 Å². The minimum absolute atomic E-state index is 0. The van der Waals surface area contributed by atoms with E-state index in [2.05, 4.69) is 10.4 Å². The van der Waals surface area contributed by atoms with Gasteiger partial charge in [-0.1, -0.05) is 29.8 Å². The monoisotopic (exact) mass is 380 g/mol. The molecule has 2 rings (SSSR count). The fourth-order valence-electron chi connectivity index (χ4n) is 2.24. The lowest BCUT2D eigenvalue weighted by molar-refractivity contribution is -0.152. The molecule has 142 valence electrons. The Balaban J connectivity index is 0.00000338. The summed E-state index contributed by atoms with van der Waals surface area (Å²) in [5.41, 5.74) is 7.31. The van der Waals surface area contributed by atoms with Gasteiger partial charge >= 0.3 is 5.97 Å². The molecule has 1 amide bonds. The number of carbonyl (C=O) groups is 2. The number of amides is 1. The second-order valence-corrected chi connectivity index (χ2v) is 6.33. The molecular weight excluding hydrogens is 356 g/mol. The van der Waals surface area contributed by atoms with Crippen molar-refractivity contribution < 1.29 is 14.3 Å². The van der Waals surface area contributed by atoms with Gasteiger partial charge in [-0.15, -0.1) is 12.4 Å². The molecule has 0 saturated carbocycles. The Hall–Kier alpha value is -2.38. The number of benzene rings is 1. The van der Waals surface area contributed by atoms with E-state index in [-0.39, 0.29) is 18.3 Å². The summed E-state index contributed by atoms with van der Waals surface area (Å²) in [5, 5.41) is 6.87. The van der Waals surface area contributed by atoms with Crippen LogP contribution < -0.4 is 11.1 Å². The average Bonchev–Trinajstić information content (AvgIpc) is 3.04. The number of aromatic nitrogens is 2. The van der Waals surface area contributed by atoms with Crippen molar-refractivity contribution >= 4 is 30.0 Å². The number of anilines is 1. The first-order chi connectivity index (χ1) is 11.8. The van der Waals surface area contributed by atoms with Gasteiger partial charge in [-0.3, -0.25) is 9.48 Å². The van der Waals surface area contributed by atoms with E-state index in [1.165, 1.54) is 10.9 Å². The molecule has 3 N–H and O–H groups in total. The first-order valence-electron chi connectivity index (χ1n) is 8.11. The van der Waals surface area contributed by atoms with Crippen LogP contribution in [0.15, 0.2) is 36.7 Å². The van der Waals surface area contributed by atoms with Crippen molar-refractivity contribution in [3.8, 4) is 0 Å². The number of hydrogen-bond donors (Lipinski definition) is 2. The van der Waals surface area contributed by atoms with E-state index >= 15 is 0 Å². The molecule has 0 fully saturated rings. The molecule has 0 aliphatic rings. The summed E-state index contributed by atoms with van der Waals surface area (Å²) in [6.07, 6.45) is 3.05. The van der Waals surface area contributed by atoms with Crippen molar-refractivity contribution in [2.45, 2.75) is 39.3 Å². The summed E-state index contributed by atoms with van der Waals surface area (Å²) >= 11 is 0. The molecule has 0 aliphatic heterocycles. The van der Waals surface area contributed by atoms with Gasteiger partial charge in [0.05, 0.1) is 18.5 Å². The van der Waals surface area contributed by atoms with Crippen LogP contribution in [0.3, 0.4) is 0 Å². The average molecular weight is 381 g/mol. The van der Waals surface area contributed by atoms with E-state index in [1.54, 1.807) is 27.0 Å². The van der Waals surface area contributed by atoms with Crippen LogP contribution in [-0.4, -0.2) is 28.3 Å². The summed E-state index contributed by atoms with van der Waals surface area (Å²) in [4.78, 5) is 24.4. The van der Waals surface area contributed by atoms with E-state index in [9.17, 15) is 9.59 Å². The van der Waals surface area contributed by atoms with E-state index in [0.29, 0.717) is 12.3 Å². The largest absolute Gasteiger partial charge is 0.464 e. The van der Waals surface area contributed by atoms with Gasteiger partial charge in [0.2, 0.25) is 5.91 Å². The van der Waals surface area contributed by atoms with E-state index in [1.807, 2.05) is 31.2 Å². The second-order valence-electron chi connectivity index (χ2n) is 6.33. The maximum Gasteiger partial charge on any atom is 0.333 e. The number of nitrogens with two attached hydrogens (primary N) is 1. The lowest BCUT2D eigenvalue weighted by Crippen LogP contribution is -2.37. The van der Waals surface area contributed by atoms with Crippen LogP contribution in [0, 0.1) is 6.92 Å². The maximum absolute atomic E-state index is 12.3. The molecule has 1 aromatic heterocycles. The molecule has 1 heterocycles. The molecular formula is C18H25ClN4O3. The number of aryl methyl sites for hydroxylation is 1. The van der Waals surface area contributed by atoms with Gasteiger partial charge in [0, 0.05) is 6.20 Å². The SMILES string of the molecule is CCOC(=O)C(C)(C)n1cc(NC(=O)C(N)c2ccc(C)cc2)cn1.Cl. The number of nitrogens with one attached hydrogen (secondary N) is 1. The van der Waals surface area contributed by atoms with Crippen LogP contribution in [0.4, 0.5) is 5.69 Å². The van der Waals surface area contributed by atoms with Crippen LogP contribution in [-0.2, 0) is 19.9 Å². The Kier molecular flexibility index (Phi) is 7.35. The minimum atomic E-state index is -0.974. The van der Waals surface area contributed by atoms with Gasteiger partial charge in [-0.25, -0.2) is 4.79 Å². The Morgan fingerprint density at radius 3 is 2.50 bits per heavy atom. The number of carbonyl (C=O) groups excluding carboxylic acids is 2. The van der Waals surface area contributed by atoms with Gasteiger partial charge in [0.1, 0.15) is 6.04 Å². The molecule has 1 atom stereocenters.